The summed E-state index contributed by atoms with van der Waals surface area (Å²) in [5.74, 6) is -4.05. The molecule has 1 saturated heterocycles. The zero-order chi connectivity index (χ0) is 17.9. The van der Waals surface area contributed by atoms with E-state index in [-0.39, 0.29) is 0 Å². The van der Waals surface area contributed by atoms with Crippen LogP contribution in [0.4, 0.5) is 9.18 Å². The molecule has 1 fully saturated rings. The van der Waals surface area contributed by atoms with E-state index in [1.54, 1.807) is 0 Å². The first-order valence-electron chi connectivity index (χ1n) is 6.58. The van der Waals surface area contributed by atoms with Crippen molar-refractivity contribution in [1.82, 2.24) is 9.55 Å². The molecule has 0 aromatic carbocycles. The summed E-state index contributed by atoms with van der Waals surface area (Å²) in [6.07, 6.45) is -3.95. The zero-order valence-electron chi connectivity index (χ0n) is 12.0. The quantitative estimate of drug-likeness (QED) is 0.551. The number of nitrogens with one attached hydrogen (secondary N) is 1. The van der Waals surface area contributed by atoms with Crippen molar-refractivity contribution in [3.63, 3.8) is 0 Å². The highest BCUT2D eigenvalue weighted by atomic mass is 19.2. The number of ether oxygens (including phenoxy) is 3. The Labute approximate surface area is 132 Å². The molecule has 0 unspecified atom stereocenters. The van der Waals surface area contributed by atoms with Crippen molar-refractivity contribution in [3.8, 4) is 0 Å². The van der Waals surface area contributed by atoms with E-state index < -0.39 is 61.2 Å². The molecule has 2 heterocycles. The third-order valence-electron chi connectivity index (χ3n) is 3.02. The van der Waals surface area contributed by atoms with Crippen molar-refractivity contribution in [1.29, 1.82) is 0 Å². The second-order valence-electron chi connectivity index (χ2n) is 4.90. The fourth-order valence-corrected chi connectivity index (χ4v) is 2.05. The lowest BCUT2D eigenvalue weighted by molar-refractivity contribution is -0.184. The molecule has 11 nitrogen and oxygen atoms in total. The highest BCUT2D eigenvalue weighted by molar-refractivity contribution is 5.71. The Bertz CT molecular complexity index is 745. The number of H-pyrrole nitrogens is 1. The fourth-order valence-electron chi connectivity index (χ4n) is 2.05. The van der Waals surface area contributed by atoms with E-state index in [0.717, 1.165) is 16.8 Å². The van der Waals surface area contributed by atoms with Gasteiger partial charge in [0.15, 0.2) is 19.4 Å². The minimum Gasteiger partial charge on any atom is -0.479 e. The normalized spacial score (nSPS) is 26.1. The van der Waals surface area contributed by atoms with E-state index in [1.165, 1.54) is 0 Å². The average molecular weight is 348 g/mol. The monoisotopic (exact) mass is 348 g/mol. The number of aliphatic carboxylic acids is 1. The Morgan fingerprint density at radius 1 is 1.46 bits per heavy atom. The topological polar surface area (TPSA) is 157 Å². The predicted molar refractivity (Wildman–Crippen MR) is 70.8 cm³/mol. The summed E-state index contributed by atoms with van der Waals surface area (Å²) < 4.78 is 28.7. The molecule has 1 aliphatic heterocycles. The molecule has 0 amide bonds. The first kappa shape index (κ1) is 17.6. The number of nitrogens with zero attached hydrogens (tertiary/aromatic N) is 1. The Kier molecular flexibility index (Phi) is 4.99. The molecule has 1 aromatic heterocycles. The van der Waals surface area contributed by atoms with Crippen LogP contribution >= 0.6 is 0 Å². The lowest BCUT2D eigenvalue weighted by Gasteiger charge is -2.20. The van der Waals surface area contributed by atoms with Crippen molar-refractivity contribution >= 4 is 12.1 Å². The van der Waals surface area contributed by atoms with Gasteiger partial charge in [-0.25, -0.2) is 18.8 Å². The number of carbonyl (C=O) groups excluding carboxylic acids is 1. The average Bonchev–Trinajstić information content (AvgIpc) is 2.78. The molecular weight excluding hydrogens is 335 g/mol. The largest absolute Gasteiger partial charge is 0.509 e. The molecule has 24 heavy (non-hydrogen) atoms. The van der Waals surface area contributed by atoms with E-state index in [1.807, 2.05) is 4.98 Å². The van der Waals surface area contributed by atoms with Gasteiger partial charge < -0.3 is 24.4 Å². The number of hydrogen-bond acceptors (Lipinski definition) is 8. The number of rotatable bonds is 5. The lowest BCUT2D eigenvalue weighted by atomic mass is 10.2. The van der Waals surface area contributed by atoms with E-state index in [9.17, 15) is 28.7 Å². The van der Waals surface area contributed by atoms with Gasteiger partial charge in [0.25, 0.3) is 5.56 Å². The number of carboxylic acid groups (broad SMARTS) is 1. The van der Waals surface area contributed by atoms with Gasteiger partial charge in [-0.3, -0.25) is 14.3 Å². The maximum Gasteiger partial charge on any atom is 0.509 e. The van der Waals surface area contributed by atoms with Crippen LogP contribution in [0, 0.1) is 0 Å². The van der Waals surface area contributed by atoms with Crippen molar-refractivity contribution in [3.05, 3.63) is 33.1 Å². The van der Waals surface area contributed by atoms with Gasteiger partial charge in [0.05, 0.1) is 0 Å². The third kappa shape index (κ3) is 4.17. The van der Waals surface area contributed by atoms with E-state index >= 15 is 0 Å². The van der Waals surface area contributed by atoms with Gasteiger partial charge >= 0.3 is 17.8 Å². The van der Waals surface area contributed by atoms with Gasteiger partial charge in [-0.05, 0) is 0 Å². The molecule has 1 aliphatic rings. The molecule has 0 bridgehead atoms. The van der Waals surface area contributed by atoms with Crippen LogP contribution < -0.4 is 11.2 Å². The summed E-state index contributed by atoms with van der Waals surface area (Å²) in [6, 6.07) is 0.982. The third-order valence-corrected chi connectivity index (χ3v) is 3.02. The number of aromatic amines is 1. The summed E-state index contributed by atoms with van der Waals surface area (Å²) in [7, 11) is 0. The molecule has 0 radical (unpaired) electrons. The van der Waals surface area contributed by atoms with Crippen LogP contribution in [0.15, 0.2) is 21.9 Å². The summed E-state index contributed by atoms with van der Waals surface area (Å²) >= 11 is 0. The maximum absolute atomic E-state index is 14.5. The number of alkyl halides is 1. The van der Waals surface area contributed by atoms with Crippen LogP contribution in [-0.2, 0) is 19.0 Å². The molecule has 2 rings (SSSR count). The molecule has 132 valence electrons. The Hall–Kier alpha value is -2.73. The zero-order valence-corrected chi connectivity index (χ0v) is 12.0. The van der Waals surface area contributed by atoms with Gasteiger partial charge in [0, 0.05) is 18.7 Å². The minimum atomic E-state index is -2.62. The number of carbonyl (C=O) groups is 2. The SMILES string of the molecule is O=C(O)COC(=O)OC[C@]1(F)C[C@@H](O)[C@H](n2ccc(=O)[nH]c2=O)O1. The summed E-state index contributed by atoms with van der Waals surface area (Å²) in [5, 5.41) is 18.2. The number of aliphatic hydroxyl groups is 1. The van der Waals surface area contributed by atoms with E-state index in [0.29, 0.717) is 0 Å². The molecule has 1 aromatic rings. The second kappa shape index (κ2) is 6.80. The molecule has 12 heteroatoms. The number of aromatic nitrogens is 2. The first-order valence-corrected chi connectivity index (χ1v) is 6.58. The number of halogens is 1. The van der Waals surface area contributed by atoms with Crippen LogP contribution in [0.3, 0.4) is 0 Å². The van der Waals surface area contributed by atoms with Gasteiger partial charge in [-0.2, -0.15) is 0 Å². The van der Waals surface area contributed by atoms with Gasteiger partial charge in [-0.1, -0.05) is 0 Å². The highest BCUT2D eigenvalue weighted by Crippen LogP contribution is 2.37. The second-order valence-corrected chi connectivity index (χ2v) is 4.90. The highest BCUT2D eigenvalue weighted by Gasteiger charge is 2.49. The van der Waals surface area contributed by atoms with E-state index in [4.69, 9.17) is 9.84 Å². The van der Waals surface area contributed by atoms with Crippen LogP contribution in [0.5, 0.6) is 0 Å². The van der Waals surface area contributed by atoms with Crippen molar-refractivity contribution in [2.45, 2.75) is 24.6 Å². The molecular formula is C12H13FN2O9. The fraction of sp³-hybridized carbons (Fsp3) is 0.500. The molecule has 0 aliphatic carbocycles. The number of carboxylic acids is 1. The van der Waals surface area contributed by atoms with Crippen molar-refractivity contribution < 1.29 is 38.4 Å². The minimum absolute atomic E-state index is 0.630. The van der Waals surface area contributed by atoms with Gasteiger partial charge in [-0.15, -0.1) is 0 Å². The summed E-state index contributed by atoms with van der Waals surface area (Å²) in [4.78, 5) is 45.8. The predicted octanol–water partition coefficient (Wildman–Crippen LogP) is -1.28. The van der Waals surface area contributed by atoms with Crippen molar-refractivity contribution in [2.75, 3.05) is 13.2 Å². The van der Waals surface area contributed by atoms with E-state index in [2.05, 4.69) is 9.47 Å². The Morgan fingerprint density at radius 2 is 2.17 bits per heavy atom. The number of hydrogen-bond donors (Lipinski definition) is 3. The smallest absolute Gasteiger partial charge is 0.479 e. The first-order chi connectivity index (χ1) is 11.2. The standard InChI is InChI=1S/C12H13FN2O9/c13-12(5-23-11(21)22-4-8(18)19)3-6(16)9(24-12)15-2-1-7(17)14-10(15)20/h1-2,6,9,16H,3-5H2,(H,18,19)(H,14,17,20)/t6-,9-,12+/m1/s1. The van der Waals surface area contributed by atoms with Crippen molar-refractivity contribution in [2.24, 2.45) is 0 Å². The van der Waals surface area contributed by atoms with Crippen LogP contribution in [0.2, 0.25) is 0 Å². The van der Waals surface area contributed by atoms with Crippen LogP contribution in [-0.4, -0.2) is 57.1 Å². The van der Waals surface area contributed by atoms with Crippen LogP contribution in [0.1, 0.15) is 12.6 Å². The number of aliphatic hydroxyl groups excluding tert-OH is 1. The maximum atomic E-state index is 14.5. The Morgan fingerprint density at radius 3 is 2.79 bits per heavy atom. The molecule has 3 atom stereocenters. The summed E-state index contributed by atoms with van der Waals surface area (Å²) in [6.45, 7) is -1.95. The lowest BCUT2D eigenvalue weighted by Crippen LogP contribution is -2.36. The Balaban J connectivity index is 2.01. The van der Waals surface area contributed by atoms with Gasteiger partial charge in [0.2, 0.25) is 5.85 Å². The van der Waals surface area contributed by atoms with Crippen LogP contribution in [0.25, 0.3) is 0 Å². The molecule has 0 spiro atoms. The van der Waals surface area contributed by atoms with Gasteiger partial charge in [0.1, 0.15) is 6.10 Å². The summed E-state index contributed by atoms with van der Waals surface area (Å²) in [5.41, 5.74) is -1.60. The molecule has 3 N–H and O–H groups in total. The molecule has 0 saturated carbocycles.